The molecule has 2 rings (SSSR count). The van der Waals surface area contributed by atoms with Crippen LogP contribution in [-0.4, -0.2) is 13.2 Å². The maximum absolute atomic E-state index is 5.96. The van der Waals surface area contributed by atoms with E-state index in [0.717, 1.165) is 52.4 Å². The lowest BCUT2D eigenvalue weighted by atomic mass is 10.1. The summed E-state index contributed by atoms with van der Waals surface area (Å²) in [5.41, 5.74) is 2.56. The highest BCUT2D eigenvalue weighted by atomic mass is 16.5. The maximum atomic E-state index is 5.96. The minimum atomic E-state index is 0.721. The lowest BCUT2D eigenvalue weighted by molar-refractivity contribution is -0.697. The van der Waals surface area contributed by atoms with E-state index in [4.69, 9.17) is 9.47 Å². The maximum Gasteiger partial charge on any atom is 0.169 e. The molecule has 4 nitrogen and oxygen atoms in total. The standard InChI is InChI=1S/C46H82N2O2/c1-3-5-7-9-11-13-15-17-19-21-23-27-35-47-37-31-45(32-38-47)43-49-41-29-25-26-30-42-50-44-46-33-39-48(40-34-46)36-28-24-22-20-18-16-14-12-10-8-6-4-2/h31-34,37-40H,3-30,35-36,41-44H2,1-2H3/q+2. The van der Waals surface area contributed by atoms with Gasteiger partial charge in [0.15, 0.2) is 24.8 Å². The van der Waals surface area contributed by atoms with E-state index in [-0.39, 0.29) is 0 Å². The summed E-state index contributed by atoms with van der Waals surface area (Å²) in [5.74, 6) is 0. The third kappa shape index (κ3) is 26.9. The van der Waals surface area contributed by atoms with Gasteiger partial charge in [-0.3, -0.25) is 0 Å². The minimum absolute atomic E-state index is 0.721. The zero-order valence-corrected chi connectivity index (χ0v) is 33.4. The van der Waals surface area contributed by atoms with Crippen molar-refractivity contribution in [1.82, 2.24) is 0 Å². The van der Waals surface area contributed by atoms with Crippen molar-refractivity contribution in [3.8, 4) is 0 Å². The molecular formula is C46H82N2O2+2. The molecule has 0 spiro atoms. The first-order chi connectivity index (χ1) is 24.8. The summed E-state index contributed by atoms with van der Waals surface area (Å²) < 4.78 is 16.6. The summed E-state index contributed by atoms with van der Waals surface area (Å²) in [6.07, 6.45) is 47.3. The number of unbranched alkanes of at least 4 members (excludes halogenated alkanes) is 25. The molecule has 4 heteroatoms. The summed E-state index contributed by atoms with van der Waals surface area (Å²) in [4.78, 5) is 0. The average molecular weight is 695 g/mol. The Hall–Kier alpha value is -1.78. The molecule has 50 heavy (non-hydrogen) atoms. The molecule has 0 saturated heterocycles. The highest BCUT2D eigenvalue weighted by Crippen LogP contribution is 2.13. The fraction of sp³-hybridized carbons (Fsp3) is 0.783. The van der Waals surface area contributed by atoms with Crippen LogP contribution in [0.2, 0.25) is 0 Å². The van der Waals surface area contributed by atoms with Gasteiger partial charge in [0, 0.05) is 50.3 Å². The third-order valence-electron chi connectivity index (χ3n) is 10.3. The molecule has 0 aromatic carbocycles. The van der Waals surface area contributed by atoms with Crippen molar-refractivity contribution in [3.63, 3.8) is 0 Å². The van der Waals surface area contributed by atoms with Crippen molar-refractivity contribution < 1.29 is 18.6 Å². The van der Waals surface area contributed by atoms with E-state index < -0.39 is 0 Å². The third-order valence-corrected chi connectivity index (χ3v) is 10.3. The second-order valence-electron chi connectivity index (χ2n) is 15.2. The van der Waals surface area contributed by atoms with Crippen LogP contribution >= 0.6 is 0 Å². The molecule has 0 bridgehead atoms. The zero-order valence-electron chi connectivity index (χ0n) is 33.4. The molecule has 0 radical (unpaired) electrons. The fourth-order valence-corrected chi connectivity index (χ4v) is 6.88. The number of nitrogens with zero attached hydrogens (tertiary/aromatic N) is 2. The van der Waals surface area contributed by atoms with Gasteiger partial charge in [-0.05, 0) is 36.8 Å². The van der Waals surface area contributed by atoms with E-state index in [9.17, 15) is 0 Å². The van der Waals surface area contributed by atoms with Crippen LogP contribution < -0.4 is 9.13 Å². The van der Waals surface area contributed by atoms with Crippen LogP contribution in [0.25, 0.3) is 0 Å². The SMILES string of the molecule is CCCCCCCCCCCCCC[n+]1ccc(COCCCCCCOCc2cc[n+](CCCCCCCCCCCCCC)cc2)cc1. The molecule has 2 heterocycles. The van der Waals surface area contributed by atoms with Gasteiger partial charge < -0.3 is 9.47 Å². The van der Waals surface area contributed by atoms with E-state index in [1.165, 1.54) is 178 Å². The molecule has 0 unspecified atom stereocenters. The van der Waals surface area contributed by atoms with Crippen LogP contribution in [0.5, 0.6) is 0 Å². The molecule has 0 aliphatic heterocycles. The van der Waals surface area contributed by atoms with Gasteiger partial charge in [0.05, 0.1) is 13.2 Å². The molecule has 0 amide bonds. The number of rotatable bonds is 37. The molecule has 0 N–H and O–H groups in total. The normalized spacial score (nSPS) is 11.5. The molecule has 0 aliphatic rings. The number of aryl methyl sites for hydroxylation is 2. The Morgan fingerprint density at radius 2 is 0.600 bits per heavy atom. The number of hydrogen-bond donors (Lipinski definition) is 0. The van der Waals surface area contributed by atoms with Crippen LogP contribution in [0, 0.1) is 0 Å². The number of aromatic nitrogens is 2. The van der Waals surface area contributed by atoms with Gasteiger partial charge in [0.2, 0.25) is 0 Å². The van der Waals surface area contributed by atoms with E-state index in [0.29, 0.717) is 0 Å². The van der Waals surface area contributed by atoms with E-state index in [2.05, 4.69) is 72.0 Å². The highest BCUT2D eigenvalue weighted by Gasteiger charge is 2.04. The Balaban J connectivity index is 1.33. The number of hydrogen-bond acceptors (Lipinski definition) is 2. The van der Waals surface area contributed by atoms with Crippen LogP contribution in [0.3, 0.4) is 0 Å². The van der Waals surface area contributed by atoms with Crippen LogP contribution in [-0.2, 0) is 35.8 Å². The summed E-state index contributed by atoms with van der Waals surface area (Å²) >= 11 is 0. The number of pyridine rings is 2. The molecule has 0 aliphatic carbocycles. The predicted molar refractivity (Wildman–Crippen MR) is 213 cm³/mol. The predicted octanol–water partition coefficient (Wildman–Crippen LogP) is 13.0. The Bertz CT molecular complexity index is 882. The van der Waals surface area contributed by atoms with Crippen LogP contribution in [0.15, 0.2) is 49.1 Å². The quantitative estimate of drug-likeness (QED) is 0.0520. The van der Waals surface area contributed by atoms with Crippen molar-refractivity contribution in [1.29, 1.82) is 0 Å². The minimum Gasteiger partial charge on any atom is -0.377 e. The lowest BCUT2D eigenvalue weighted by Gasteiger charge is -2.06. The molecule has 0 atom stereocenters. The van der Waals surface area contributed by atoms with Gasteiger partial charge in [-0.1, -0.05) is 155 Å². The molecule has 2 aromatic rings. The fourth-order valence-electron chi connectivity index (χ4n) is 6.88. The largest absolute Gasteiger partial charge is 0.377 e. The Morgan fingerprint density at radius 1 is 0.340 bits per heavy atom. The smallest absolute Gasteiger partial charge is 0.169 e. The Morgan fingerprint density at radius 3 is 0.900 bits per heavy atom. The topological polar surface area (TPSA) is 26.2 Å². The highest BCUT2D eigenvalue weighted by molar-refractivity contribution is 5.06. The first kappa shape index (κ1) is 44.4. The van der Waals surface area contributed by atoms with Crippen LogP contribution in [0.1, 0.15) is 205 Å². The molecule has 2 aromatic heterocycles. The van der Waals surface area contributed by atoms with Gasteiger partial charge in [-0.15, -0.1) is 0 Å². The number of ether oxygens (including phenoxy) is 2. The second-order valence-corrected chi connectivity index (χ2v) is 15.2. The molecule has 0 saturated carbocycles. The monoisotopic (exact) mass is 695 g/mol. The summed E-state index contributed by atoms with van der Waals surface area (Å²) in [6, 6.07) is 8.90. The van der Waals surface area contributed by atoms with E-state index >= 15 is 0 Å². The lowest BCUT2D eigenvalue weighted by Crippen LogP contribution is -2.32. The van der Waals surface area contributed by atoms with Crippen molar-refractivity contribution >= 4 is 0 Å². The summed E-state index contributed by atoms with van der Waals surface area (Å²) in [5, 5.41) is 0. The average Bonchev–Trinajstić information content (AvgIpc) is 3.14. The first-order valence-corrected chi connectivity index (χ1v) is 21.9. The van der Waals surface area contributed by atoms with Gasteiger partial charge in [-0.2, -0.15) is 0 Å². The van der Waals surface area contributed by atoms with Gasteiger partial charge in [0.1, 0.15) is 13.1 Å². The first-order valence-electron chi connectivity index (χ1n) is 21.9. The van der Waals surface area contributed by atoms with E-state index in [1.54, 1.807) is 0 Å². The van der Waals surface area contributed by atoms with Gasteiger partial charge >= 0.3 is 0 Å². The Labute approximate surface area is 311 Å². The van der Waals surface area contributed by atoms with E-state index in [1.807, 2.05) is 0 Å². The van der Waals surface area contributed by atoms with Crippen molar-refractivity contribution in [2.24, 2.45) is 0 Å². The Kier molecular flexibility index (Phi) is 30.5. The van der Waals surface area contributed by atoms with Crippen molar-refractivity contribution in [3.05, 3.63) is 60.2 Å². The second kappa shape index (κ2) is 34.3. The van der Waals surface area contributed by atoms with Gasteiger partial charge in [0.25, 0.3) is 0 Å². The molecular weight excluding hydrogens is 613 g/mol. The summed E-state index contributed by atoms with van der Waals surface area (Å²) in [6.45, 7) is 9.99. The van der Waals surface area contributed by atoms with Crippen LogP contribution in [0.4, 0.5) is 0 Å². The molecule has 0 fully saturated rings. The zero-order chi connectivity index (χ0) is 35.4. The summed E-state index contributed by atoms with van der Waals surface area (Å²) in [7, 11) is 0. The van der Waals surface area contributed by atoms with Crippen molar-refractivity contribution in [2.75, 3.05) is 13.2 Å². The molecule has 286 valence electrons. The van der Waals surface area contributed by atoms with Crippen molar-refractivity contribution in [2.45, 2.75) is 220 Å². The van der Waals surface area contributed by atoms with Gasteiger partial charge in [-0.25, -0.2) is 9.13 Å².